The zero-order chi connectivity index (χ0) is 12.3. The van der Waals surface area contributed by atoms with E-state index in [4.69, 9.17) is 0 Å². The number of hydrogen-bond acceptors (Lipinski definition) is 2. The minimum atomic E-state index is -1.73. The first-order chi connectivity index (χ1) is 8.12. The number of benzene rings is 1. The van der Waals surface area contributed by atoms with Crippen LogP contribution < -0.4 is 10.6 Å². The third-order valence-electron chi connectivity index (χ3n) is 3.20. The molecule has 0 aliphatic carbocycles. The number of nitrogens with one attached hydrogen (secondary N) is 2. The first-order valence-electron chi connectivity index (χ1n) is 5.88. The fourth-order valence-corrected chi connectivity index (χ4v) is 2.00. The van der Waals surface area contributed by atoms with Gasteiger partial charge in [0.1, 0.15) is 0 Å². The number of halogens is 1. The lowest BCUT2D eigenvalue weighted by Crippen LogP contribution is -2.47. The summed E-state index contributed by atoms with van der Waals surface area (Å²) in [4.78, 5) is 11.9. The second-order valence-corrected chi connectivity index (χ2v) is 4.48. The molecule has 3 nitrogen and oxygen atoms in total. The van der Waals surface area contributed by atoms with E-state index in [1.165, 1.54) is 0 Å². The van der Waals surface area contributed by atoms with E-state index < -0.39 is 11.6 Å². The van der Waals surface area contributed by atoms with Gasteiger partial charge in [-0.2, -0.15) is 0 Å². The number of piperidine rings is 1. The molecule has 0 unspecified atom stereocenters. The van der Waals surface area contributed by atoms with E-state index in [9.17, 15) is 9.18 Å². The maximum absolute atomic E-state index is 14.3. The molecule has 2 rings (SSSR count). The van der Waals surface area contributed by atoms with Gasteiger partial charge in [0.2, 0.25) is 0 Å². The SMILES string of the molecule is Cc1ccccc1NC(=O)C1(F)CCNCC1. The molecule has 2 N–H and O–H groups in total. The Morgan fingerprint density at radius 3 is 2.65 bits per heavy atom. The highest BCUT2D eigenvalue weighted by atomic mass is 19.1. The molecule has 0 bridgehead atoms. The summed E-state index contributed by atoms with van der Waals surface area (Å²) in [5.41, 5.74) is -0.0977. The molecule has 0 radical (unpaired) electrons. The number of carbonyl (C=O) groups excluding carboxylic acids is 1. The van der Waals surface area contributed by atoms with Crippen molar-refractivity contribution in [3.63, 3.8) is 0 Å². The molecule has 0 atom stereocenters. The highest BCUT2D eigenvalue weighted by Gasteiger charge is 2.39. The van der Waals surface area contributed by atoms with Crippen LogP contribution in [0.2, 0.25) is 0 Å². The fourth-order valence-electron chi connectivity index (χ4n) is 2.00. The van der Waals surface area contributed by atoms with Crippen molar-refractivity contribution in [2.24, 2.45) is 0 Å². The van der Waals surface area contributed by atoms with Gasteiger partial charge in [0.25, 0.3) is 5.91 Å². The largest absolute Gasteiger partial charge is 0.323 e. The quantitative estimate of drug-likeness (QED) is 0.825. The molecule has 1 fully saturated rings. The molecule has 1 aliphatic rings. The van der Waals surface area contributed by atoms with Crippen LogP contribution in [0.3, 0.4) is 0 Å². The van der Waals surface area contributed by atoms with Crippen LogP contribution in [0.4, 0.5) is 10.1 Å². The van der Waals surface area contributed by atoms with Crippen molar-refractivity contribution >= 4 is 11.6 Å². The summed E-state index contributed by atoms with van der Waals surface area (Å²) < 4.78 is 14.3. The Labute approximate surface area is 100 Å². The van der Waals surface area contributed by atoms with Crippen molar-refractivity contribution in [1.82, 2.24) is 5.32 Å². The van der Waals surface area contributed by atoms with Gasteiger partial charge in [-0.3, -0.25) is 4.79 Å². The summed E-state index contributed by atoms with van der Waals surface area (Å²) in [7, 11) is 0. The molecule has 1 aromatic rings. The average molecular weight is 236 g/mol. The number of alkyl halides is 1. The van der Waals surface area contributed by atoms with Gasteiger partial charge in [0.05, 0.1) is 0 Å². The van der Waals surface area contributed by atoms with Crippen LogP contribution in [-0.4, -0.2) is 24.7 Å². The average Bonchev–Trinajstić information content (AvgIpc) is 2.33. The van der Waals surface area contributed by atoms with Gasteiger partial charge in [0, 0.05) is 18.5 Å². The van der Waals surface area contributed by atoms with E-state index >= 15 is 0 Å². The molecule has 92 valence electrons. The van der Waals surface area contributed by atoms with Gasteiger partial charge in [-0.1, -0.05) is 18.2 Å². The van der Waals surface area contributed by atoms with Crippen LogP contribution in [0.15, 0.2) is 24.3 Å². The van der Waals surface area contributed by atoms with Crippen molar-refractivity contribution < 1.29 is 9.18 Å². The summed E-state index contributed by atoms with van der Waals surface area (Å²) in [6.07, 6.45) is 0.482. The summed E-state index contributed by atoms with van der Waals surface area (Å²) in [5, 5.41) is 5.73. The van der Waals surface area contributed by atoms with Gasteiger partial charge < -0.3 is 10.6 Å². The molecule has 1 amide bonds. The fraction of sp³-hybridized carbons (Fsp3) is 0.462. The van der Waals surface area contributed by atoms with Crippen LogP contribution in [0, 0.1) is 6.92 Å². The smallest absolute Gasteiger partial charge is 0.262 e. The molecule has 1 saturated heterocycles. The minimum absolute atomic E-state index is 0.241. The number of carbonyl (C=O) groups is 1. The Balaban J connectivity index is 2.08. The van der Waals surface area contributed by atoms with E-state index in [1.54, 1.807) is 6.07 Å². The Morgan fingerprint density at radius 2 is 2.00 bits per heavy atom. The number of amides is 1. The number of aryl methyl sites for hydroxylation is 1. The summed E-state index contributed by atoms with van der Waals surface area (Å²) in [6, 6.07) is 7.40. The first kappa shape index (κ1) is 12.0. The first-order valence-corrected chi connectivity index (χ1v) is 5.88. The second-order valence-electron chi connectivity index (χ2n) is 4.48. The van der Waals surface area contributed by atoms with Crippen molar-refractivity contribution in [2.75, 3.05) is 18.4 Å². The molecule has 17 heavy (non-hydrogen) atoms. The van der Waals surface area contributed by atoms with Crippen molar-refractivity contribution in [2.45, 2.75) is 25.4 Å². The standard InChI is InChI=1S/C13H17FN2O/c1-10-4-2-3-5-11(10)16-12(17)13(14)6-8-15-9-7-13/h2-5,15H,6-9H2,1H3,(H,16,17). The van der Waals surface area contributed by atoms with Crippen LogP contribution >= 0.6 is 0 Å². The summed E-state index contributed by atoms with van der Waals surface area (Å²) >= 11 is 0. The lowest BCUT2D eigenvalue weighted by atomic mass is 9.93. The number of rotatable bonds is 2. The Kier molecular flexibility index (Phi) is 3.43. The second kappa shape index (κ2) is 4.84. The predicted octanol–water partition coefficient (Wildman–Crippen LogP) is 2.03. The maximum atomic E-state index is 14.3. The van der Waals surface area contributed by atoms with Crippen LogP contribution in [0.5, 0.6) is 0 Å². The lowest BCUT2D eigenvalue weighted by Gasteiger charge is -2.28. The van der Waals surface area contributed by atoms with Gasteiger partial charge in [0.15, 0.2) is 5.67 Å². The van der Waals surface area contributed by atoms with Gasteiger partial charge in [-0.25, -0.2) is 4.39 Å². The molecule has 0 spiro atoms. The van der Waals surface area contributed by atoms with E-state index in [-0.39, 0.29) is 12.8 Å². The normalized spacial score (nSPS) is 18.7. The van der Waals surface area contributed by atoms with E-state index in [0.29, 0.717) is 18.8 Å². The number of para-hydroxylation sites is 1. The van der Waals surface area contributed by atoms with Gasteiger partial charge >= 0.3 is 0 Å². The van der Waals surface area contributed by atoms with Crippen LogP contribution in [-0.2, 0) is 4.79 Å². The molecular weight excluding hydrogens is 219 g/mol. The Bertz CT molecular complexity index is 414. The molecule has 1 aliphatic heterocycles. The van der Waals surface area contributed by atoms with Gasteiger partial charge in [-0.05, 0) is 31.6 Å². The van der Waals surface area contributed by atoms with Crippen molar-refractivity contribution in [3.05, 3.63) is 29.8 Å². The lowest BCUT2D eigenvalue weighted by molar-refractivity contribution is -0.129. The van der Waals surface area contributed by atoms with Gasteiger partial charge in [-0.15, -0.1) is 0 Å². The molecule has 1 aromatic carbocycles. The monoisotopic (exact) mass is 236 g/mol. The summed E-state index contributed by atoms with van der Waals surface area (Å²) in [6.45, 7) is 3.00. The molecule has 0 saturated carbocycles. The maximum Gasteiger partial charge on any atom is 0.262 e. The molecular formula is C13H17FN2O. The van der Waals surface area contributed by atoms with Crippen molar-refractivity contribution in [3.8, 4) is 0 Å². The Hall–Kier alpha value is -1.42. The molecule has 0 aromatic heterocycles. The third-order valence-corrected chi connectivity index (χ3v) is 3.20. The molecule has 4 heteroatoms. The number of anilines is 1. The summed E-state index contributed by atoms with van der Waals surface area (Å²) in [5.74, 6) is -0.520. The Morgan fingerprint density at radius 1 is 1.35 bits per heavy atom. The van der Waals surface area contributed by atoms with Crippen LogP contribution in [0.25, 0.3) is 0 Å². The van der Waals surface area contributed by atoms with E-state index in [0.717, 1.165) is 5.56 Å². The molecule has 1 heterocycles. The highest BCUT2D eigenvalue weighted by Crippen LogP contribution is 2.25. The zero-order valence-electron chi connectivity index (χ0n) is 9.92. The zero-order valence-corrected chi connectivity index (χ0v) is 9.92. The van der Waals surface area contributed by atoms with Crippen molar-refractivity contribution in [1.29, 1.82) is 0 Å². The number of hydrogen-bond donors (Lipinski definition) is 2. The van der Waals surface area contributed by atoms with E-state index in [1.807, 2.05) is 25.1 Å². The predicted molar refractivity (Wildman–Crippen MR) is 65.8 cm³/mol. The third kappa shape index (κ3) is 2.64. The topological polar surface area (TPSA) is 41.1 Å². The van der Waals surface area contributed by atoms with E-state index in [2.05, 4.69) is 10.6 Å². The minimum Gasteiger partial charge on any atom is -0.323 e. The van der Waals surface area contributed by atoms with Crippen LogP contribution in [0.1, 0.15) is 18.4 Å². The highest BCUT2D eigenvalue weighted by molar-refractivity contribution is 5.97.